The first-order valence-electron chi connectivity index (χ1n) is 5.81. The fourth-order valence-corrected chi connectivity index (χ4v) is 1.71. The number of aromatic nitrogens is 1. The largest absolute Gasteiger partial charge is 0.456 e. The van der Waals surface area contributed by atoms with Crippen LogP contribution in [0, 0.1) is 13.8 Å². The van der Waals surface area contributed by atoms with Crippen LogP contribution in [0.25, 0.3) is 0 Å². The highest BCUT2D eigenvalue weighted by molar-refractivity contribution is 5.87. The number of hydrogen-bond acceptors (Lipinski definition) is 3. The Balaban J connectivity index is 2.02. The van der Waals surface area contributed by atoms with Crippen LogP contribution in [0.1, 0.15) is 27.2 Å². The van der Waals surface area contributed by atoms with E-state index in [2.05, 4.69) is 11.1 Å². The molecule has 18 heavy (non-hydrogen) atoms. The minimum Gasteiger partial charge on any atom is -0.456 e. The average Bonchev–Trinajstić information content (AvgIpc) is 2.38. The average molecular weight is 241 g/mol. The van der Waals surface area contributed by atoms with E-state index in [0.29, 0.717) is 5.69 Å². The third-order valence-corrected chi connectivity index (χ3v) is 2.73. The van der Waals surface area contributed by atoms with Crippen molar-refractivity contribution in [3.05, 3.63) is 65.0 Å². The number of pyridine rings is 1. The van der Waals surface area contributed by atoms with E-state index < -0.39 is 5.97 Å². The molecule has 2 aromatic rings. The third-order valence-electron chi connectivity index (χ3n) is 2.73. The van der Waals surface area contributed by atoms with Gasteiger partial charge in [0.15, 0.2) is 0 Å². The lowest BCUT2D eigenvalue weighted by atomic mass is 10.1. The Hall–Kier alpha value is -2.16. The molecule has 0 amide bonds. The molecule has 0 fully saturated rings. The Morgan fingerprint density at radius 3 is 2.72 bits per heavy atom. The van der Waals surface area contributed by atoms with Crippen LogP contribution in [0.4, 0.5) is 0 Å². The number of esters is 1. The summed E-state index contributed by atoms with van der Waals surface area (Å²) >= 11 is 0. The van der Waals surface area contributed by atoms with Crippen LogP contribution in [0.5, 0.6) is 0 Å². The second-order valence-electron chi connectivity index (χ2n) is 4.22. The van der Waals surface area contributed by atoms with Crippen molar-refractivity contribution in [1.82, 2.24) is 4.98 Å². The van der Waals surface area contributed by atoms with Gasteiger partial charge in [-0.05, 0) is 37.1 Å². The van der Waals surface area contributed by atoms with Crippen LogP contribution in [-0.2, 0) is 11.3 Å². The molecule has 0 atom stereocenters. The molecular weight excluding hydrogens is 226 g/mol. The Bertz CT molecular complexity index is 550. The zero-order valence-electron chi connectivity index (χ0n) is 10.5. The lowest BCUT2D eigenvalue weighted by Crippen LogP contribution is -2.07. The van der Waals surface area contributed by atoms with Gasteiger partial charge in [0.2, 0.25) is 0 Å². The molecular formula is C15H15NO2. The van der Waals surface area contributed by atoms with Crippen molar-refractivity contribution in [2.75, 3.05) is 0 Å². The van der Waals surface area contributed by atoms with Gasteiger partial charge in [-0.1, -0.05) is 29.8 Å². The minimum absolute atomic E-state index is 0.279. The smallest absolute Gasteiger partial charge is 0.357 e. The topological polar surface area (TPSA) is 39.2 Å². The molecule has 0 saturated carbocycles. The van der Waals surface area contributed by atoms with Crippen LogP contribution in [-0.4, -0.2) is 11.0 Å². The fraction of sp³-hybridized carbons (Fsp3) is 0.200. The van der Waals surface area contributed by atoms with Crippen LogP contribution in [0.3, 0.4) is 0 Å². The molecule has 0 unspecified atom stereocenters. The predicted octanol–water partition coefficient (Wildman–Crippen LogP) is 3.06. The summed E-state index contributed by atoms with van der Waals surface area (Å²) in [4.78, 5) is 15.7. The maximum atomic E-state index is 11.7. The van der Waals surface area contributed by atoms with Gasteiger partial charge in [-0.25, -0.2) is 9.78 Å². The first-order valence-corrected chi connectivity index (χ1v) is 5.81. The molecule has 2 rings (SSSR count). The number of nitrogens with zero attached hydrogens (tertiary/aromatic N) is 1. The van der Waals surface area contributed by atoms with Crippen molar-refractivity contribution in [3.63, 3.8) is 0 Å². The standard InChI is InChI=1S/C15H15NO2/c1-11-6-7-13(12(2)9-11)10-18-15(17)14-5-3-4-8-16-14/h3-9H,10H2,1-2H3. The van der Waals surface area contributed by atoms with E-state index in [1.54, 1.807) is 24.4 Å². The molecule has 1 heterocycles. The molecule has 0 bridgehead atoms. The van der Waals surface area contributed by atoms with Crippen molar-refractivity contribution in [2.24, 2.45) is 0 Å². The monoisotopic (exact) mass is 241 g/mol. The Kier molecular flexibility index (Phi) is 3.72. The summed E-state index contributed by atoms with van der Waals surface area (Å²) < 4.78 is 5.23. The molecule has 3 heteroatoms. The van der Waals surface area contributed by atoms with Crippen molar-refractivity contribution in [2.45, 2.75) is 20.5 Å². The van der Waals surface area contributed by atoms with E-state index in [1.807, 2.05) is 26.0 Å². The zero-order chi connectivity index (χ0) is 13.0. The second-order valence-corrected chi connectivity index (χ2v) is 4.22. The van der Waals surface area contributed by atoms with Crippen LogP contribution in [0.15, 0.2) is 42.6 Å². The summed E-state index contributed by atoms with van der Waals surface area (Å²) in [5, 5.41) is 0. The van der Waals surface area contributed by atoms with Crippen LogP contribution >= 0.6 is 0 Å². The molecule has 1 aromatic carbocycles. The summed E-state index contributed by atoms with van der Waals surface area (Å²) in [6.45, 7) is 4.33. The van der Waals surface area contributed by atoms with Crippen molar-refractivity contribution in [3.8, 4) is 0 Å². The van der Waals surface area contributed by atoms with Crippen LogP contribution < -0.4 is 0 Å². The number of carbonyl (C=O) groups excluding carboxylic acids is 1. The molecule has 3 nitrogen and oxygen atoms in total. The molecule has 92 valence electrons. The number of ether oxygens (including phenoxy) is 1. The SMILES string of the molecule is Cc1ccc(COC(=O)c2ccccn2)c(C)c1. The van der Waals surface area contributed by atoms with E-state index in [4.69, 9.17) is 4.74 Å². The van der Waals surface area contributed by atoms with Gasteiger partial charge in [0.1, 0.15) is 12.3 Å². The lowest BCUT2D eigenvalue weighted by molar-refractivity contribution is 0.0465. The molecule has 0 aliphatic rings. The molecule has 0 spiro atoms. The molecule has 0 N–H and O–H groups in total. The van der Waals surface area contributed by atoms with Gasteiger partial charge in [0, 0.05) is 6.20 Å². The summed E-state index contributed by atoms with van der Waals surface area (Å²) in [6.07, 6.45) is 1.58. The number of rotatable bonds is 3. The van der Waals surface area contributed by atoms with Crippen molar-refractivity contribution >= 4 is 5.97 Å². The molecule has 1 aromatic heterocycles. The van der Waals surface area contributed by atoms with Gasteiger partial charge < -0.3 is 4.74 Å². The number of hydrogen-bond donors (Lipinski definition) is 0. The molecule has 0 radical (unpaired) electrons. The molecule has 0 saturated heterocycles. The summed E-state index contributed by atoms with van der Waals surface area (Å²) in [7, 11) is 0. The summed E-state index contributed by atoms with van der Waals surface area (Å²) in [5.74, 6) is -0.393. The summed E-state index contributed by atoms with van der Waals surface area (Å²) in [6, 6.07) is 11.2. The third kappa shape index (κ3) is 2.94. The maximum absolute atomic E-state index is 11.7. The maximum Gasteiger partial charge on any atom is 0.357 e. The van der Waals surface area contributed by atoms with Gasteiger partial charge in [-0.15, -0.1) is 0 Å². The van der Waals surface area contributed by atoms with E-state index in [9.17, 15) is 4.79 Å². The van der Waals surface area contributed by atoms with Gasteiger partial charge in [0.05, 0.1) is 0 Å². The van der Waals surface area contributed by atoms with Gasteiger partial charge in [-0.3, -0.25) is 0 Å². The lowest BCUT2D eigenvalue weighted by Gasteiger charge is -2.07. The van der Waals surface area contributed by atoms with E-state index in [-0.39, 0.29) is 6.61 Å². The Morgan fingerprint density at radius 1 is 1.22 bits per heavy atom. The normalized spacial score (nSPS) is 10.1. The van der Waals surface area contributed by atoms with Gasteiger partial charge in [-0.2, -0.15) is 0 Å². The first-order chi connectivity index (χ1) is 8.66. The second kappa shape index (κ2) is 5.45. The van der Waals surface area contributed by atoms with Crippen molar-refractivity contribution in [1.29, 1.82) is 0 Å². The van der Waals surface area contributed by atoms with E-state index in [0.717, 1.165) is 11.1 Å². The number of carbonyl (C=O) groups is 1. The highest BCUT2D eigenvalue weighted by Crippen LogP contribution is 2.12. The van der Waals surface area contributed by atoms with Crippen molar-refractivity contribution < 1.29 is 9.53 Å². The zero-order valence-corrected chi connectivity index (χ0v) is 10.5. The van der Waals surface area contributed by atoms with Crippen LogP contribution in [0.2, 0.25) is 0 Å². The van der Waals surface area contributed by atoms with E-state index >= 15 is 0 Å². The molecule has 0 aliphatic heterocycles. The Morgan fingerprint density at radius 2 is 2.06 bits per heavy atom. The first kappa shape index (κ1) is 12.3. The molecule has 0 aliphatic carbocycles. The Labute approximate surface area is 106 Å². The van der Waals surface area contributed by atoms with Gasteiger partial charge >= 0.3 is 5.97 Å². The minimum atomic E-state index is -0.393. The highest BCUT2D eigenvalue weighted by Gasteiger charge is 2.08. The highest BCUT2D eigenvalue weighted by atomic mass is 16.5. The number of aryl methyl sites for hydroxylation is 2. The quantitative estimate of drug-likeness (QED) is 0.775. The van der Waals surface area contributed by atoms with Gasteiger partial charge in [0.25, 0.3) is 0 Å². The number of benzene rings is 1. The fourth-order valence-electron chi connectivity index (χ4n) is 1.71. The van der Waals surface area contributed by atoms with E-state index in [1.165, 1.54) is 5.56 Å². The summed E-state index contributed by atoms with van der Waals surface area (Å²) in [5.41, 5.74) is 3.68. The predicted molar refractivity (Wildman–Crippen MR) is 69.3 cm³/mol.